The summed E-state index contributed by atoms with van der Waals surface area (Å²) in [5.41, 5.74) is 2.36. The fourth-order valence-electron chi connectivity index (χ4n) is 5.54. The van der Waals surface area contributed by atoms with Crippen molar-refractivity contribution < 1.29 is 28.6 Å². The van der Waals surface area contributed by atoms with Gasteiger partial charge >= 0.3 is 5.97 Å². The number of fused-ring (bicyclic) bond motifs is 3. The van der Waals surface area contributed by atoms with Crippen LogP contribution in [0.25, 0.3) is 5.57 Å². The molecule has 0 radical (unpaired) electrons. The highest BCUT2D eigenvalue weighted by Crippen LogP contribution is 2.54. The smallest absolute Gasteiger partial charge is 0.319 e. The summed E-state index contributed by atoms with van der Waals surface area (Å²) in [6.07, 6.45) is 2.85. The van der Waals surface area contributed by atoms with Crippen LogP contribution in [0.2, 0.25) is 0 Å². The van der Waals surface area contributed by atoms with Crippen LogP contribution >= 0.6 is 0 Å². The van der Waals surface area contributed by atoms with Gasteiger partial charge in [0.15, 0.2) is 17.3 Å². The van der Waals surface area contributed by atoms with Crippen molar-refractivity contribution in [3.05, 3.63) is 65.2 Å². The van der Waals surface area contributed by atoms with Crippen molar-refractivity contribution in [2.45, 2.75) is 31.4 Å². The zero-order valence-electron chi connectivity index (χ0n) is 17.3. The van der Waals surface area contributed by atoms with Crippen molar-refractivity contribution in [1.29, 1.82) is 0 Å². The predicted octanol–water partition coefficient (Wildman–Crippen LogP) is 2.66. The number of ether oxygens (including phenoxy) is 3. The number of esters is 1. The summed E-state index contributed by atoms with van der Waals surface area (Å²) in [7, 11) is 0. The minimum absolute atomic E-state index is 0.0423. The van der Waals surface area contributed by atoms with E-state index in [0.717, 1.165) is 16.7 Å². The van der Waals surface area contributed by atoms with Crippen molar-refractivity contribution in [1.82, 2.24) is 4.90 Å². The van der Waals surface area contributed by atoms with Crippen LogP contribution in [0.1, 0.15) is 29.5 Å². The quantitative estimate of drug-likeness (QED) is 0.549. The van der Waals surface area contributed by atoms with Gasteiger partial charge in [-0.3, -0.25) is 14.4 Å². The van der Waals surface area contributed by atoms with E-state index in [0.29, 0.717) is 42.9 Å². The second-order valence-corrected chi connectivity index (χ2v) is 8.57. The molecule has 7 nitrogen and oxygen atoms in total. The van der Waals surface area contributed by atoms with Gasteiger partial charge in [0.25, 0.3) is 0 Å². The predicted molar refractivity (Wildman–Crippen MR) is 113 cm³/mol. The molecule has 2 aromatic rings. The Hall–Kier alpha value is -3.61. The second kappa shape index (κ2) is 6.95. The summed E-state index contributed by atoms with van der Waals surface area (Å²) in [6, 6.07) is 13.1. The maximum atomic E-state index is 13.3. The van der Waals surface area contributed by atoms with Gasteiger partial charge in [0, 0.05) is 13.0 Å². The maximum absolute atomic E-state index is 13.3. The number of hydrogen-bond donors (Lipinski definition) is 0. The third-order valence-electron chi connectivity index (χ3n) is 6.97. The highest BCUT2D eigenvalue weighted by molar-refractivity contribution is 6.18. The van der Waals surface area contributed by atoms with E-state index in [1.54, 1.807) is 4.90 Å². The summed E-state index contributed by atoms with van der Waals surface area (Å²) in [6.45, 7) is 0.664. The third-order valence-corrected chi connectivity index (χ3v) is 6.97. The molecule has 0 saturated carbocycles. The van der Waals surface area contributed by atoms with Crippen molar-refractivity contribution in [3.8, 4) is 11.5 Å². The summed E-state index contributed by atoms with van der Waals surface area (Å²) < 4.78 is 16.7. The number of hydrogen-bond acceptors (Lipinski definition) is 6. The molecular formula is C25H21NO6. The Balaban J connectivity index is 1.41. The van der Waals surface area contributed by atoms with Gasteiger partial charge in [-0.1, -0.05) is 30.3 Å². The molecular weight excluding hydrogens is 410 g/mol. The van der Waals surface area contributed by atoms with E-state index in [9.17, 15) is 14.4 Å². The molecule has 1 fully saturated rings. The fourth-order valence-corrected chi connectivity index (χ4v) is 5.54. The summed E-state index contributed by atoms with van der Waals surface area (Å²) in [5, 5.41) is 0. The third kappa shape index (κ3) is 2.63. The molecule has 3 heterocycles. The SMILES string of the molecule is O=C1C=C2c3cc4c(cc3CCN3C(=O)CCC23C1C(=O)OCc1ccccc1)OCO4. The van der Waals surface area contributed by atoms with Gasteiger partial charge in [-0.25, -0.2) is 0 Å². The molecule has 2 atom stereocenters. The molecule has 2 aromatic carbocycles. The molecule has 3 aliphatic heterocycles. The number of benzene rings is 2. The Bertz CT molecular complexity index is 1190. The summed E-state index contributed by atoms with van der Waals surface area (Å²) in [4.78, 5) is 41.1. The lowest BCUT2D eigenvalue weighted by atomic mass is 9.77. The van der Waals surface area contributed by atoms with E-state index in [4.69, 9.17) is 14.2 Å². The lowest BCUT2D eigenvalue weighted by molar-refractivity contribution is -0.156. The zero-order valence-corrected chi connectivity index (χ0v) is 17.3. The van der Waals surface area contributed by atoms with Gasteiger partial charge < -0.3 is 19.1 Å². The lowest BCUT2D eigenvalue weighted by Gasteiger charge is -2.39. The Morgan fingerprint density at radius 3 is 2.69 bits per heavy atom. The number of ketones is 1. The topological polar surface area (TPSA) is 82.1 Å². The van der Waals surface area contributed by atoms with E-state index in [1.165, 1.54) is 6.08 Å². The van der Waals surface area contributed by atoms with Gasteiger partial charge in [-0.2, -0.15) is 0 Å². The monoisotopic (exact) mass is 431 g/mol. The average molecular weight is 431 g/mol. The Morgan fingerprint density at radius 1 is 1.09 bits per heavy atom. The number of carbonyl (C=O) groups excluding carboxylic acids is 3. The average Bonchev–Trinajstić information content (AvgIpc) is 3.45. The summed E-state index contributed by atoms with van der Waals surface area (Å²) >= 11 is 0. The molecule has 32 heavy (non-hydrogen) atoms. The second-order valence-electron chi connectivity index (χ2n) is 8.57. The van der Waals surface area contributed by atoms with E-state index in [-0.39, 0.29) is 25.1 Å². The largest absolute Gasteiger partial charge is 0.460 e. The standard InChI is InChI=1S/C25H21NO6/c27-19-12-18-17-11-21-20(31-14-32-21)10-16(17)7-9-26-22(28)6-8-25(18,26)23(19)24(29)30-13-15-4-2-1-3-5-15/h1-5,10-12,23H,6-9,13-14H2. The Kier molecular flexibility index (Phi) is 4.15. The van der Waals surface area contributed by atoms with Crippen LogP contribution in [-0.2, 0) is 32.1 Å². The van der Waals surface area contributed by atoms with Crippen molar-refractivity contribution >= 4 is 23.2 Å². The Morgan fingerprint density at radius 2 is 1.88 bits per heavy atom. The number of amides is 1. The van der Waals surface area contributed by atoms with Crippen LogP contribution in [0, 0.1) is 5.92 Å². The molecule has 4 aliphatic rings. The van der Waals surface area contributed by atoms with E-state index in [1.807, 2.05) is 42.5 Å². The minimum atomic E-state index is -1.07. The highest BCUT2D eigenvalue weighted by Gasteiger charge is 2.62. The first-order valence-electron chi connectivity index (χ1n) is 10.8. The van der Waals surface area contributed by atoms with Crippen LogP contribution in [0.3, 0.4) is 0 Å². The molecule has 0 aromatic heterocycles. The van der Waals surface area contributed by atoms with Gasteiger partial charge in [0.05, 0.1) is 5.54 Å². The van der Waals surface area contributed by atoms with Gasteiger partial charge in [0.2, 0.25) is 12.7 Å². The first-order valence-corrected chi connectivity index (χ1v) is 10.8. The van der Waals surface area contributed by atoms with Crippen LogP contribution in [0.4, 0.5) is 0 Å². The number of carbonyl (C=O) groups is 3. The molecule has 1 amide bonds. The number of rotatable bonds is 3. The highest BCUT2D eigenvalue weighted by atomic mass is 16.7. The molecule has 6 rings (SSSR count). The molecule has 162 valence electrons. The lowest BCUT2D eigenvalue weighted by Crippen LogP contribution is -2.54. The Labute approximate surface area is 184 Å². The molecule has 1 aliphatic carbocycles. The fraction of sp³-hybridized carbons (Fsp3) is 0.320. The first-order chi connectivity index (χ1) is 15.6. The van der Waals surface area contributed by atoms with E-state index < -0.39 is 17.4 Å². The van der Waals surface area contributed by atoms with Gasteiger partial charge in [0.1, 0.15) is 12.5 Å². The van der Waals surface area contributed by atoms with Crippen molar-refractivity contribution in [3.63, 3.8) is 0 Å². The zero-order chi connectivity index (χ0) is 21.9. The van der Waals surface area contributed by atoms with Crippen LogP contribution in [0.5, 0.6) is 11.5 Å². The van der Waals surface area contributed by atoms with Crippen LogP contribution in [-0.4, -0.2) is 41.4 Å². The minimum Gasteiger partial charge on any atom is -0.460 e. The molecule has 0 bridgehead atoms. The van der Waals surface area contributed by atoms with Crippen LogP contribution < -0.4 is 9.47 Å². The van der Waals surface area contributed by atoms with Crippen molar-refractivity contribution in [2.24, 2.45) is 5.92 Å². The molecule has 7 heteroatoms. The van der Waals surface area contributed by atoms with Gasteiger partial charge in [-0.15, -0.1) is 0 Å². The van der Waals surface area contributed by atoms with E-state index >= 15 is 0 Å². The first kappa shape index (κ1) is 19.1. The number of allylic oxidation sites excluding steroid dienone is 1. The molecule has 1 spiro atoms. The van der Waals surface area contributed by atoms with E-state index in [2.05, 4.69) is 0 Å². The normalized spacial score (nSPS) is 25.1. The van der Waals surface area contributed by atoms with Gasteiger partial charge in [-0.05, 0) is 53.3 Å². The molecule has 1 saturated heterocycles. The van der Waals surface area contributed by atoms with Crippen LogP contribution in [0.15, 0.2) is 48.5 Å². The van der Waals surface area contributed by atoms with Crippen molar-refractivity contribution in [2.75, 3.05) is 13.3 Å². The maximum Gasteiger partial charge on any atom is 0.319 e. The summed E-state index contributed by atoms with van der Waals surface area (Å²) in [5.74, 6) is -0.740. The number of nitrogens with zero attached hydrogens (tertiary/aromatic N) is 1. The molecule has 2 unspecified atom stereocenters. The molecule has 0 N–H and O–H groups in total.